The second-order valence-electron chi connectivity index (χ2n) is 4.65. The summed E-state index contributed by atoms with van der Waals surface area (Å²) in [5.41, 5.74) is 1.26. The third-order valence-corrected chi connectivity index (χ3v) is 3.50. The SMILES string of the molecule is C[C@H](c1ccccc1)[C@@](C)(O)c1ccccc1. The summed E-state index contributed by atoms with van der Waals surface area (Å²) in [5, 5.41) is 10.7. The molecule has 0 aliphatic heterocycles. The fourth-order valence-corrected chi connectivity index (χ4v) is 2.09. The minimum Gasteiger partial charge on any atom is -0.385 e. The Balaban J connectivity index is 2.33. The van der Waals surface area contributed by atoms with Gasteiger partial charge in [0, 0.05) is 5.92 Å². The highest BCUT2D eigenvalue weighted by atomic mass is 16.3. The van der Waals surface area contributed by atoms with E-state index in [9.17, 15) is 5.11 Å². The predicted octanol–water partition coefficient (Wildman–Crippen LogP) is 3.70. The van der Waals surface area contributed by atoms with Gasteiger partial charge >= 0.3 is 0 Å². The lowest BCUT2D eigenvalue weighted by atomic mass is 9.80. The molecule has 0 fully saturated rings. The zero-order chi connectivity index (χ0) is 12.3. The van der Waals surface area contributed by atoms with Gasteiger partial charge < -0.3 is 5.11 Å². The van der Waals surface area contributed by atoms with Crippen LogP contribution in [0.4, 0.5) is 0 Å². The molecule has 0 heterocycles. The molecule has 2 aromatic carbocycles. The van der Waals surface area contributed by atoms with Gasteiger partial charge in [-0.05, 0) is 18.1 Å². The Bertz CT molecular complexity index is 459. The monoisotopic (exact) mass is 226 g/mol. The Labute approximate surface area is 103 Å². The number of benzene rings is 2. The smallest absolute Gasteiger partial charge is 0.0934 e. The summed E-state index contributed by atoms with van der Waals surface area (Å²) in [5.74, 6) is 0.0612. The molecule has 0 aliphatic rings. The molecular weight excluding hydrogens is 208 g/mol. The highest BCUT2D eigenvalue weighted by molar-refractivity contribution is 5.29. The van der Waals surface area contributed by atoms with E-state index in [0.29, 0.717) is 0 Å². The summed E-state index contributed by atoms with van der Waals surface area (Å²) in [7, 11) is 0. The van der Waals surface area contributed by atoms with Crippen molar-refractivity contribution in [3.05, 3.63) is 71.8 Å². The van der Waals surface area contributed by atoms with Crippen molar-refractivity contribution in [2.45, 2.75) is 25.4 Å². The lowest BCUT2D eigenvalue weighted by molar-refractivity contribution is 0.0324. The van der Waals surface area contributed by atoms with Crippen molar-refractivity contribution in [2.24, 2.45) is 0 Å². The van der Waals surface area contributed by atoms with E-state index in [1.165, 1.54) is 0 Å². The Morgan fingerprint density at radius 3 is 1.88 bits per heavy atom. The van der Waals surface area contributed by atoms with E-state index in [4.69, 9.17) is 0 Å². The van der Waals surface area contributed by atoms with Crippen molar-refractivity contribution >= 4 is 0 Å². The molecule has 0 radical (unpaired) electrons. The van der Waals surface area contributed by atoms with E-state index in [0.717, 1.165) is 11.1 Å². The van der Waals surface area contributed by atoms with E-state index in [1.54, 1.807) is 0 Å². The highest BCUT2D eigenvalue weighted by Crippen LogP contribution is 2.35. The summed E-state index contributed by atoms with van der Waals surface area (Å²) in [6, 6.07) is 20.0. The van der Waals surface area contributed by atoms with Gasteiger partial charge in [0.2, 0.25) is 0 Å². The first kappa shape index (κ1) is 11.9. The summed E-state index contributed by atoms with van der Waals surface area (Å²) >= 11 is 0. The van der Waals surface area contributed by atoms with Gasteiger partial charge in [-0.15, -0.1) is 0 Å². The van der Waals surface area contributed by atoms with Gasteiger partial charge in [0.1, 0.15) is 0 Å². The van der Waals surface area contributed by atoms with Crippen LogP contribution in [0, 0.1) is 0 Å². The Hall–Kier alpha value is -1.60. The Morgan fingerprint density at radius 1 is 0.882 bits per heavy atom. The fraction of sp³-hybridized carbons (Fsp3) is 0.250. The molecule has 2 atom stereocenters. The van der Waals surface area contributed by atoms with Gasteiger partial charge in [0.15, 0.2) is 0 Å². The van der Waals surface area contributed by atoms with Gasteiger partial charge in [-0.2, -0.15) is 0 Å². The average molecular weight is 226 g/mol. The van der Waals surface area contributed by atoms with Crippen molar-refractivity contribution in [3.63, 3.8) is 0 Å². The minimum atomic E-state index is -0.845. The number of aliphatic hydroxyl groups is 1. The molecular formula is C16H18O. The van der Waals surface area contributed by atoms with Crippen LogP contribution < -0.4 is 0 Å². The van der Waals surface area contributed by atoms with E-state index >= 15 is 0 Å². The lowest BCUT2D eigenvalue weighted by Crippen LogP contribution is -2.28. The third-order valence-electron chi connectivity index (χ3n) is 3.50. The molecule has 0 aliphatic carbocycles. The van der Waals surface area contributed by atoms with Crippen LogP contribution in [-0.2, 0) is 5.60 Å². The quantitative estimate of drug-likeness (QED) is 0.846. The number of hydrogen-bond donors (Lipinski definition) is 1. The Morgan fingerprint density at radius 2 is 1.35 bits per heavy atom. The number of hydrogen-bond acceptors (Lipinski definition) is 1. The molecule has 17 heavy (non-hydrogen) atoms. The van der Waals surface area contributed by atoms with Crippen molar-refractivity contribution in [1.29, 1.82) is 0 Å². The molecule has 0 bridgehead atoms. The van der Waals surface area contributed by atoms with E-state index in [2.05, 4.69) is 19.1 Å². The second-order valence-corrected chi connectivity index (χ2v) is 4.65. The molecule has 0 unspecified atom stereocenters. The summed E-state index contributed by atoms with van der Waals surface area (Å²) < 4.78 is 0. The molecule has 0 saturated heterocycles. The zero-order valence-electron chi connectivity index (χ0n) is 10.3. The molecule has 1 nitrogen and oxygen atoms in total. The summed E-state index contributed by atoms with van der Waals surface area (Å²) in [6.45, 7) is 3.93. The normalized spacial score (nSPS) is 16.2. The van der Waals surface area contributed by atoms with Crippen LogP contribution in [0.25, 0.3) is 0 Å². The average Bonchev–Trinajstić information content (AvgIpc) is 2.40. The van der Waals surface area contributed by atoms with Crippen LogP contribution in [-0.4, -0.2) is 5.11 Å². The van der Waals surface area contributed by atoms with Crippen molar-refractivity contribution in [3.8, 4) is 0 Å². The summed E-state index contributed by atoms with van der Waals surface area (Å²) in [4.78, 5) is 0. The molecule has 2 rings (SSSR count). The van der Waals surface area contributed by atoms with E-state index < -0.39 is 5.60 Å². The number of rotatable bonds is 3. The molecule has 0 spiro atoms. The zero-order valence-corrected chi connectivity index (χ0v) is 10.3. The van der Waals surface area contributed by atoms with Crippen molar-refractivity contribution in [1.82, 2.24) is 0 Å². The lowest BCUT2D eigenvalue weighted by Gasteiger charge is -2.31. The van der Waals surface area contributed by atoms with Gasteiger partial charge in [-0.25, -0.2) is 0 Å². The van der Waals surface area contributed by atoms with Crippen LogP contribution in [0.15, 0.2) is 60.7 Å². The van der Waals surface area contributed by atoms with Crippen molar-refractivity contribution in [2.75, 3.05) is 0 Å². The fourth-order valence-electron chi connectivity index (χ4n) is 2.09. The third kappa shape index (κ3) is 2.40. The van der Waals surface area contributed by atoms with Crippen molar-refractivity contribution < 1.29 is 5.11 Å². The highest BCUT2D eigenvalue weighted by Gasteiger charge is 2.30. The van der Waals surface area contributed by atoms with Crippen LogP contribution in [0.5, 0.6) is 0 Å². The van der Waals surface area contributed by atoms with Crippen LogP contribution in [0.1, 0.15) is 30.9 Å². The standard InChI is InChI=1S/C16H18O/c1-13(14-9-5-3-6-10-14)16(2,17)15-11-7-4-8-12-15/h3-13,17H,1-2H3/t13-,16-/m1/s1. The molecule has 1 N–H and O–H groups in total. The van der Waals surface area contributed by atoms with Crippen LogP contribution >= 0.6 is 0 Å². The second kappa shape index (κ2) is 4.72. The molecule has 88 valence electrons. The molecule has 2 aromatic rings. The van der Waals surface area contributed by atoms with Gasteiger partial charge in [0.05, 0.1) is 5.60 Å². The predicted molar refractivity (Wildman–Crippen MR) is 70.9 cm³/mol. The van der Waals surface area contributed by atoms with Gasteiger partial charge in [0.25, 0.3) is 0 Å². The molecule has 0 aromatic heterocycles. The molecule has 0 amide bonds. The maximum atomic E-state index is 10.7. The van der Waals surface area contributed by atoms with Gasteiger partial charge in [-0.3, -0.25) is 0 Å². The van der Waals surface area contributed by atoms with Gasteiger partial charge in [-0.1, -0.05) is 67.6 Å². The van der Waals surface area contributed by atoms with Crippen LogP contribution in [0.2, 0.25) is 0 Å². The molecule has 1 heteroatoms. The maximum absolute atomic E-state index is 10.7. The summed E-state index contributed by atoms with van der Waals surface area (Å²) in [6.07, 6.45) is 0. The first-order valence-corrected chi connectivity index (χ1v) is 5.95. The first-order valence-electron chi connectivity index (χ1n) is 5.95. The van der Waals surface area contributed by atoms with E-state index in [1.807, 2.05) is 55.5 Å². The maximum Gasteiger partial charge on any atom is 0.0934 e. The molecule has 0 saturated carbocycles. The first-order chi connectivity index (χ1) is 8.12. The Kier molecular flexibility index (Phi) is 3.30. The largest absolute Gasteiger partial charge is 0.385 e. The van der Waals surface area contributed by atoms with E-state index in [-0.39, 0.29) is 5.92 Å². The topological polar surface area (TPSA) is 20.2 Å². The minimum absolute atomic E-state index is 0.0612. The van der Waals surface area contributed by atoms with Crippen LogP contribution in [0.3, 0.4) is 0 Å².